The summed E-state index contributed by atoms with van der Waals surface area (Å²) in [7, 11) is 0. The van der Waals surface area contributed by atoms with E-state index in [-0.39, 0.29) is 24.3 Å². The third-order valence-electron chi connectivity index (χ3n) is 8.45. The van der Waals surface area contributed by atoms with Gasteiger partial charge in [-0.05, 0) is 63.4 Å². The van der Waals surface area contributed by atoms with Crippen molar-refractivity contribution in [2.45, 2.75) is 52.2 Å². The highest BCUT2D eigenvalue weighted by Gasteiger charge is 2.36. The number of aryl methyl sites for hydroxylation is 1. The Balaban J connectivity index is 1.46. The van der Waals surface area contributed by atoms with Gasteiger partial charge in [-0.3, -0.25) is 9.69 Å². The summed E-state index contributed by atoms with van der Waals surface area (Å²) < 4.78 is 35.8. The van der Waals surface area contributed by atoms with Gasteiger partial charge >= 0.3 is 6.03 Å². The van der Waals surface area contributed by atoms with Crippen molar-refractivity contribution in [2.75, 3.05) is 49.2 Å². The van der Waals surface area contributed by atoms with Crippen molar-refractivity contribution in [3.63, 3.8) is 0 Å². The van der Waals surface area contributed by atoms with Gasteiger partial charge in [-0.1, -0.05) is 12.1 Å². The molecule has 12 heteroatoms. The van der Waals surface area contributed by atoms with Crippen molar-refractivity contribution >= 4 is 29.4 Å². The molecule has 2 fully saturated rings. The molecule has 0 atom stereocenters. The van der Waals surface area contributed by atoms with Crippen molar-refractivity contribution < 1.29 is 23.1 Å². The largest absolute Gasteiger partial charge is 0.379 e. The molecule has 0 saturated carbocycles. The second kappa shape index (κ2) is 12.4. The van der Waals surface area contributed by atoms with Gasteiger partial charge in [0.2, 0.25) is 5.95 Å². The van der Waals surface area contributed by atoms with Gasteiger partial charge in [-0.15, -0.1) is 0 Å². The normalized spacial score (nSPS) is 17.9. The molecule has 4 heterocycles. The van der Waals surface area contributed by atoms with E-state index in [1.54, 1.807) is 12.1 Å². The second-order valence-corrected chi connectivity index (χ2v) is 11.8. The van der Waals surface area contributed by atoms with Crippen LogP contribution in [0.1, 0.15) is 48.2 Å². The van der Waals surface area contributed by atoms with Crippen LogP contribution < -0.4 is 20.4 Å². The number of anilines is 3. The summed E-state index contributed by atoms with van der Waals surface area (Å²) in [5, 5.41) is 5.66. The number of ether oxygens (including phenoxy) is 1. The van der Waals surface area contributed by atoms with E-state index in [0.717, 1.165) is 61.7 Å². The second-order valence-electron chi connectivity index (χ2n) is 11.8. The topological polar surface area (TPSA) is 103 Å². The SMILES string of the molecule is Cc1ccc(C(=O)NC(C)C)cc1-c1nc(N2CCC(N3CCOCC3)CC2)nc2c1CNC(=O)N2c1c(F)cccc1F. The van der Waals surface area contributed by atoms with Gasteiger partial charge in [0, 0.05) is 55.0 Å². The van der Waals surface area contributed by atoms with Crippen LogP contribution >= 0.6 is 0 Å². The molecule has 3 amide bonds. The Morgan fingerprint density at radius 1 is 1.05 bits per heavy atom. The van der Waals surface area contributed by atoms with Gasteiger partial charge in [0.1, 0.15) is 17.3 Å². The number of benzene rings is 2. The molecule has 10 nitrogen and oxygen atoms in total. The molecular weight excluding hydrogens is 568 g/mol. The first kappa shape index (κ1) is 29.9. The molecule has 2 saturated heterocycles. The fourth-order valence-electron chi connectivity index (χ4n) is 6.16. The average molecular weight is 606 g/mol. The van der Waals surface area contributed by atoms with E-state index < -0.39 is 23.4 Å². The first-order chi connectivity index (χ1) is 21.2. The van der Waals surface area contributed by atoms with Gasteiger partial charge in [0.05, 0.1) is 25.5 Å². The predicted molar refractivity (Wildman–Crippen MR) is 163 cm³/mol. The molecule has 0 aliphatic carbocycles. The van der Waals surface area contributed by atoms with Crippen molar-refractivity contribution in [3.05, 3.63) is 64.7 Å². The summed E-state index contributed by atoms with van der Waals surface area (Å²) in [6.45, 7) is 10.4. The standard InChI is InChI=1S/C32H37F2N7O3/c1-19(2)36-30(42)21-8-7-20(3)23(17-21)27-24-18-35-32(43)41(28-25(33)5-4-6-26(28)34)29(24)38-31(37-27)40-11-9-22(10-12-40)39-13-15-44-16-14-39/h4-8,17,19,22H,9-16,18H2,1-3H3,(H,35,43)(H,36,42). The lowest BCUT2D eigenvalue weighted by Gasteiger charge is -2.40. The van der Waals surface area contributed by atoms with Gasteiger partial charge in [0.15, 0.2) is 5.82 Å². The number of nitrogens with zero attached hydrogens (tertiary/aromatic N) is 5. The van der Waals surface area contributed by atoms with Gasteiger partial charge < -0.3 is 20.3 Å². The molecule has 0 unspecified atom stereocenters. The number of carbonyl (C=O) groups excluding carboxylic acids is 2. The Morgan fingerprint density at radius 2 is 1.75 bits per heavy atom. The highest BCUT2D eigenvalue weighted by Crippen LogP contribution is 2.40. The van der Waals surface area contributed by atoms with Crippen molar-refractivity contribution in [3.8, 4) is 11.3 Å². The zero-order chi connectivity index (χ0) is 31.0. The Kier molecular flexibility index (Phi) is 8.46. The van der Waals surface area contributed by atoms with Crippen LogP contribution in [0.5, 0.6) is 0 Å². The summed E-state index contributed by atoms with van der Waals surface area (Å²) in [5.74, 6) is -1.51. The summed E-state index contributed by atoms with van der Waals surface area (Å²) in [4.78, 5) is 41.5. The van der Waals surface area contributed by atoms with Crippen LogP contribution in [-0.4, -0.2) is 78.3 Å². The monoisotopic (exact) mass is 605 g/mol. The summed E-state index contributed by atoms with van der Waals surface area (Å²) in [6.07, 6.45) is 1.79. The quantitative estimate of drug-likeness (QED) is 0.426. The summed E-state index contributed by atoms with van der Waals surface area (Å²) in [6, 6.07) is 8.53. The van der Waals surface area contributed by atoms with E-state index in [1.807, 2.05) is 26.8 Å². The van der Waals surface area contributed by atoms with E-state index in [1.165, 1.54) is 6.07 Å². The lowest BCUT2D eigenvalue weighted by Crippen LogP contribution is -2.49. The number of para-hydroxylation sites is 1. The van der Waals surface area contributed by atoms with Crippen LogP contribution in [0, 0.1) is 18.6 Å². The van der Waals surface area contributed by atoms with E-state index in [2.05, 4.69) is 20.4 Å². The number of urea groups is 1. The molecule has 3 aliphatic heterocycles. The zero-order valence-electron chi connectivity index (χ0n) is 25.2. The summed E-state index contributed by atoms with van der Waals surface area (Å²) in [5.41, 5.74) is 2.48. The minimum Gasteiger partial charge on any atom is -0.379 e. The number of piperidine rings is 1. The van der Waals surface area contributed by atoms with Crippen molar-refractivity contribution in [1.29, 1.82) is 0 Å². The predicted octanol–water partition coefficient (Wildman–Crippen LogP) is 4.53. The van der Waals surface area contributed by atoms with Gasteiger partial charge in [-0.25, -0.2) is 23.5 Å². The maximum absolute atomic E-state index is 15.1. The maximum Gasteiger partial charge on any atom is 0.328 e. The van der Waals surface area contributed by atoms with Crippen LogP contribution in [0.2, 0.25) is 0 Å². The van der Waals surface area contributed by atoms with E-state index >= 15 is 8.78 Å². The Labute approximate surface area is 255 Å². The van der Waals surface area contributed by atoms with Gasteiger partial charge in [0.25, 0.3) is 5.91 Å². The van der Waals surface area contributed by atoms with E-state index in [9.17, 15) is 9.59 Å². The fourth-order valence-corrected chi connectivity index (χ4v) is 6.16. The Hall–Kier alpha value is -4.16. The number of fused-ring (bicyclic) bond motifs is 1. The van der Waals surface area contributed by atoms with Crippen LogP contribution in [0.25, 0.3) is 11.3 Å². The maximum atomic E-state index is 15.1. The molecule has 6 rings (SSSR count). The molecule has 0 radical (unpaired) electrons. The van der Waals surface area contributed by atoms with Gasteiger partial charge in [-0.2, -0.15) is 4.98 Å². The molecule has 0 spiro atoms. The third kappa shape index (κ3) is 5.83. The number of amides is 3. The lowest BCUT2D eigenvalue weighted by atomic mass is 9.97. The van der Waals surface area contributed by atoms with Crippen LogP contribution in [-0.2, 0) is 11.3 Å². The van der Waals surface area contributed by atoms with Crippen LogP contribution in [0.3, 0.4) is 0 Å². The minimum atomic E-state index is -0.885. The minimum absolute atomic E-state index is 0.0505. The molecule has 0 bridgehead atoms. The molecule has 44 heavy (non-hydrogen) atoms. The Bertz CT molecular complexity index is 1550. The van der Waals surface area contributed by atoms with E-state index in [4.69, 9.17) is 14.7 Å². The fraction of sp³-hybridized carbons (Fsp3) is 0.438. The lowest BCUT2D eigenvalue weighted by molar-refractivity contribution is 0.0114. The molecule has 1 aromatic heterocycles. The number of carbonyl (C=O) groups is 2. The number of rotatable bonds is 6. The first-order valence-corrected chi connectivity index (χ1v) is 15.1. The molecular formula is C32H37F2N7O3. The van der Waals surface area contributed by atoms with E-state index in [0.29, 0.717) is 47.5 Å². The number of halogens is 2. The number of hydrogen-bond donors (Lipinski definition) is 2. The molecule has 3 aliphatic rings. The number of nitrogens with one attached hydrogen (secondary N) is 2. The highest BCUT2D eigenvalue weighted by molar-refractivity contribution is 6.02. The Morgan fingerprint density at radius 3 is 2.43 bits per heavy atom. The van der Waals surface area contributed by atoms with Crippen LogP contribution in [0.15, 0.2) is 36.4 Å². The summed E-state index contributed by atoms with van der Waals surface area (Å²) >= 11 is 0. The van der Waals surface area contributed by atoms with Crippen molar-refractivity contribution in [2.24, 2.45) is 0 Å². The molecule has 232 valence electrons. The highest BCUT2D eigenvalue weighted by atomic mass is 19.1. The van der Waals surface area contributed by atoms with Crippen molar-refractivity contribution in [1.82, 2.24) is 25.5 Å². The third-order valence-corrected chi connectivity index (χ3v) is 8.45. The zero-order valence-corrected chi connectivity index (χ0v) is 25.2. The first-order valence-electron chi connectivity index (χ1n) is 15.1. The van der Waals surface area contributed by atoms with Crippen LogP contribution in [0.4, 0.5) is 31.0 Å². The average Bonchev–Trinajstić information content (AvgIpc) is 3.02. The molecule has 3 aromatic rings. The number of aromatic nitrogens is 2. The molecule has 2 aromatic carbocycles. The smallest absolute Gasteiger partial charge is 0.328 e. The molecule has 2 N–H and O–H groups in total. The number of hydrogen-bond acceptors (Lipinski definition) is 7. The number of morpholine rings is 1.